The molecule has 0 spiro atoms. The molecule has 23 nitrogen and oxygen atoms in total. The average Bonchev–Trinajstić information content (AvgIpc) is 0.840. The Kier molecular flexibility index (Phi) is 37.2. The number of carbonyl (C=O) groups is 5. The van der Waals surface area contributed by atoms with Gasteiger partial charge in [0, 0.05) is 161 Å². The zero-order valence-corrected chi connectivity index (χ0v) is 64.8. The van der Waals surface area contributed by atoms with Crippen LogP contribution in [-0.2, 0) is 24.0 Å². The monoisotopic (exact) mass is 1510 g/mol. The number of piperidine rings is 5. The van der Waals surface area contributed by atoms with Crippen molar-refractivity contribution < 1.29 is 89.2 Å². The lowest BCUT2D eigenvalue weighted by Crippen LogP contribution is -2.49. The molecule has 5 saturated heterocycles. The first-order valence-corrected chi connectivity index (χ1v) is 38.1. The maximum Gasteiger partial charge on any atom is 0.247 e. The fraction of sp³-hybridized carbons (Fsp3) is 0.477. The van der Waals surface area contributed by atoms with E-state index in [4.69, 9.17) is 29.5 Å². The maximum atomic E-state index is 12.5. The molecule has 594 valence electrons. The summed E-state index contributed by atoms with van der Waals surface area (Å²) >= 11 is 0. The van der Waals surface area contributed by atoms with Gasteiger partial charge in [0.1, 0.15) is 46.0 Å². The van der Waals surface area contributed by atoms with Crippen LogP contribution in [0, 0.1) is 44.4 Å². The number of amides is 5. The fourth-order valence-corrected chi connectivity index (χ4v) is 13.5. The van der Waals surface area contributed by atoms with Crippen molar-refractivity contribution in [2.75, 3.05) is 99.7 Å². The van der Waals surface area contributed by atoms with Gasteiger partial charge in [-0.3, -0.25) is 24.0 Å². The van der Waals surface area contributed by atoms with Gasteiger partial charge in [-0.2, -0.15) is 0 Å². The van der Waals surface area contributed by atoms with Gasteiger partial charge < -0.3 is 89.8 Å². The number of hydrogen-bond donors (Lipinski definition) is 10. The Morgan fingerprint density at radius 3 is 1.17 bits per heavy atom. The van der Waals surface area contributed by atoms with Crippen LogP contribution >= 0.6 is 0 Å². The van der Waals surface area contributed by atoms with Crippen LogP contribution in [0.4, 0.5) is 0 Å². The standard InChI is InChI=1S/C19H27NO4.C18H25NO3.C17H23NO3.2C16H21NO4/c1-2-3-12-24-17-6-4-16(18(22)13-17)5-7-19(23)20-10-8-15(14-21)9-11-20;1-12-4-5-16(17(21)8-12)6-7-18(22)19-13(2)9-15(11-20)10-14(19)3;1-12-9-15(16(20)10-13(12)2)3-4-17(21)18-7-5-14(11-19)6-8-18;1-21-14-4-2-13(15(19)10-14)3-5-16(20)17-8-6-12(11-18)7-9-17;1-21-14-7-5-12(15(19)10-14)6-8-16(20)17-9-3-2-4-13(17)11-18/h4-7,13,15,21-22H,2-3,8-12,14H2,1H3;4-8,13-15,20-21H,9-11H2,1-3H3;3-4,9-10,14,19-20H,5-8,11H2,1-2H3;2-5,10,12,18-19H,6-9,11H2,1H3;5-8,10,13,18-19H,2-4,9,11H2,1H3/b7-5+;7-6+;4-3+;5-3+;8-6+. The third-order valence-corrected chi connectivity index (χ3v) is 20.6. The van der Waals surface area contributed by atoms with E-state index in [0.29, 0.717) is 115 Å². The normalized spacial score (nSPS) is 18.7. The van der Waals surface area contributed by atoms with E-state index >= 15 is 0 Å². The van der Waals surface area contributed by atoms with Crippen molar-refractivity contribution in [3.8, 4) is 46.0 Å². The Bertz CT molecular complexity index is 3850. The number of aromatic hydroxyl groups is 5. The molecule has 5 heterocycles. The van der Waals surface area contributed by atoms with E-state index in [1.54, 1.807) is 111 Å². The van der Waals surface area contributed by atoms with E-state index in [2.05, 4.69) is 6.92 Å². The second-order valence-electron chi connectivity index (χ2n) is 28.7. The van der Waals surface area contributed by atoms with Gasteiger partial charge in [-0.05, 0) is 237 Å². The molecule has 10 rings (SSSR count). The lowest BCUT2D eigenvalue weighted by Gasteiger charge is -2.41. The quantitative estimate of drug-likeness (QED) is 0.0241. The molecule has 0 bridgehead atoms. The highest BCUT2D eigenvalue weighted by molar-refractivity contribution is 5.95. The molecule has 5 aromatic carbocycles. The fourth-order valence-electron chi connectivity index (χ4n) is 13.5. The minimum Gasteiger partial charge on any atom is -0.507 e. The van der Waals surface area contributed by atoms with Crippen LogP contribution in [0.2, 0.25) is 0 Å². The summed E-state index contributed by atoms with van der Waals surface area (Å²) < 4.78 is 15.6. The summed E-state index contributed by atoms with van der Waals surface area (Å²) in [5, 5.41) is 95.5. The highest BCUT2D eigenvalue weighted by Crippen LogP contribution is 2.32. The van der Waals surface area contributed by atoms with Crippen molar-refractivity contribution in [1.82, 2.24) is 24.5 Å². The minimum absolute atomic E-state index is 0.00658. The third kappa shape index (κ3) is 28.4. The number of benzene rings is 5. The van der Waals surface area contributed by atoms with E-state index in [9.17, 15) is 59.7 Å². The van der Waals surface area contributed by atoms with Gasteiger partial charge in [0.2, 0.25) is 29.5 Å². The molecular weight excluding hydrogens is 1390 g/mol. The first kappa shape index (κ1) is 88.3. The van der Waals surface area contributed by atoms with Crippen molar-refractivity contribution in [1.29, 1.82) is 0 Å². The third-order valence-electron chi connectivity index (χ3n) is 20.6. The average molecular weight is 1510 g/mol. The Morgan fingerprint density at radius 1 is 0.413 bits per heavy atom. The first-order chi connectivity index (χ1) is 52.3. The molecule has 3 unspecified atom stereocenters. The van der Waals surface area contributed by atoms with Crippen LogP contribution in [0.5, 0.6) is 46.0 Å². The van der Waals surface area contributed by atoms with Crippen molar-refractivity contribution in [2.24, 2.45) is 23.7 Å². The van der Waals surface area contributed by atoms with E-state index in [-0.39, 0.29) is 115 Å². The van der Waals surface area contributed by atoms with Gasteiger partial charge in [-0.25, -0.2) is 0 Å². The number of phenolic OH excluding ortho intramolecular Hbond substituents is 5. The number of aryl methyl sites for hydroxylation is 3. The van der Waals surface area contributed by atoms with Crippen molar-refractivity contribution in [3.05, 3.63) is 160 Å². The Balaban J connectivity index is 0.000000213. The zero-order valence-electron chi connectivity index (χ0n) is 64.8. The van der Waals surface area contributed by atoms with Gasteiger partial charge in [-0.1, -0.05) is 25.5 Å². The molecule has 5 amide bonds. The molecule has 3 atom stereocenters. The van der Waals surface area contributed by atoms with Gasteiger partial charge in [0.25, 0.3) is 0 Å². The number of carbonyl (C=O) groups excluding carboxylic acids is 5. The zero-order chi connectivity index (χ0) is 79.5. The minimum atomic E-state index is -0.135. The number of unbranched alkanes of at least 4 members (excludes halogenated alkanes) is 1. The molecule has 0 radical (unpaired) electrons. The first-order valence-electron chi connectivity index (χ1n) is 38.1. The van der Waals surface area contributed by atoms with Crippen LogP contribution in [0.25, 0.3) is 30.4 Å². The topological polar surface area (TPSA) is 332 Å². The van der Waals surface area contributed by atoms with Gasteiger partial charge in [-0.15, -0.1) is 0 Å². The Hall–Kier alpha value is -9.65. The van der Waals surface area contributed by atoms with E-state index in [0.717, 1.165) is 100 Å². The molecular formula is C86H117N5O18. The molecule has 0 saturated carbocycles. The molecule has 23 heteroatoms. The molecule has 5 aliphatic rings. The molecule has 5 aromatic rings. The van der Waals surface area contributed by atoms with Gasteiger partial charge in [0.15, 0.2) is 0 Å². The summed E-state index contributed by atoms with van der Waals surface area (Å²) in [6, 6.07) is 24.1. The largest absolute Gasteiger partial charge is 0.507 e. The van der Waals surface area contributed by atoms with E-state index in [1.165, 1.54) is 56.7 Å². The van der Waals surface area contributed by atoms with Crippen LogP contribution < -0.4 is 14.2 Å². The summed E-state index contributed by atoms with van der Waals surface area (Å²) in [5.74, 6) is 3.27. The van der Waals surface area contributed by atoms with E-state index in [1.807, 2.05) is 51.7 Å². The molecule has 5 aliphatic heterocycles. The predicted molar refractivity (Wildman–Crippen MR) is 425 cm³/mol. The number of aliphatic hydroxyl groups is 5. The lowest BCUT2D eigenvalue weighted by molar-refractivity contribution is -0.133. The number of likely N-dealkylation sites (tertiary alicyclic amines) is 5. The Morgan fingerprint density at radius 2 is 0.780 bits per heavy atom. The van der Waals surface area contributed by atoms with Crippen molar-refractivity contribution >= 4 is 59.9 Å². The molecule has 0 aliphatic carbocycles. The van der Waals surface area contributed by atoms with Crippen LogP contribution in [0.1, 0.15) is 149 Å². The van der Waals surface area contributed by atoms with E-state index < -0.39 is 0 Å². The number of methoxy groups -OCH3 is 2. The second-order valence-corrected chi connectivity index (χ2v) is 28.7. The van der Waals surface area contributed by atoms with Crippen molar-refractivity contribution in [3.63, 3.8) is 0 Å². The van der Waals surface area contributed by atoms with Gasteiger partial charge in [0.05, 0.1) is 33.5 Å². The molecule has 109 heavy (non-hydrogen) atoms. The number of phenols is 5. The lowest BCUT2D eigenvalue weighted by atomic mass is 9.87. The SMILES string of the molecule is CCCCOc1ccc(/C=C/C(=O)N2CCC(CO)CC2)c(O)c1.COc1ccc(/C=C/C(=O)N2CCC(CO)CC2)c(O)c1.COc1ccc(/C=C/C(=O)N2CCCCC2CO)c(O)c1.Cc1cc(O)c(/C=C/C(=O)N2CCC(CO)CC2)cc1C.Cc1ccc(/C=C/C(=O)N2C(C)CC(CO)CC2C)c(O)c1. The molecule has 10 N–H and O–H groups in total. The van der Waals surface area contributed by atoms with Crippen LogP contribution in [0.3, 0.4) is 0 Å². The number of aliphatic hydroxyl groups excluding tert-OH is 5. The molecule has 0 aromatic heterocycles. The second kappa shape index (κ2) is 46.0. The number of rotatable bonds is 21. The number of ether oxygens (including phenoxy) is 3. The van der Waals surface area contributed by atoms with Crippen molar-refractivity contribution in [2.45, 2.75) is 143 Å². The van der Waals surface area contributed by atoms with Gasteiger partial charge >= 0.3 is 0 Å². The molecule has 5 fully saturated rings. The highest BCUT2D eigenvalue weighted by Gasteiger charge is 2.33. The number of nitrogens with zero attached hydrogens (tertiary/aromatic N) is 5. The summed E-state index contributed by atoms with van der Waals surface area (Å²) in [4.78, 5) is 69.9. The smallest absolute Gasteiger partial charge is 0.247 e. The summed E-state index contributed by atoms with van der Waals surface area (Å²) in [5.41, 5.74) is 6.13. The maximum absolute atomic E-state index is 12.5. The van der Waals surface area contributed by atoms with Crippen LogP contribution in [0.15, 0.2) is 115 Å². The number of hydrogen-bond acceptors (Lipinski definition) is 18. The van der Waals surface area contributed by atoms with Crippen LogP contribution in [-0.4, -0.2) is 223 Å². The summed E-state index contributed by atoms with van der Waals surface area (Å²) in [7, 11) is 3.06. The highest BCUT2D eigenvalue weighted by atomic mass is 16.5. The summed E-state index contributed by atoms with van der Waals surface area (Å²) in [6.07, 6.45) is 27.2. The summed E-state index contributed by atoms with van der Waals surface area (Å²) in [6.45, 7) is 18.1. The predicted octanol–water partition coefficient (Wildman–Crippen LogP) is 11.2. The Labute approximate surface area is 643 Å².